The number of anilines is 1. The van der Waals surface area contributed by atoms with Crippen LogP contribution in [0, 0.1) is 17.0 Å². The summed E-state index contributed by atoms with van der Waals surface area (Å²) in [7, 11) is 0. The lowest BCUT2D eigenvalue weighted by Crippen LogP contribution is -2.19. The molecule has 0 spiro atoms. The molecular formula is C20H18N4O4S. The number of nitrogens with zero attached hydrogens (tertiary/aromatic N) is 2. The number of aromatic amines is 1. The third-order valence-electron chi connectivity index (χ3n) is 4.14. The largest absolute Gasteiger partial charge is 0.320 e. The fourth-order valence-corrected chi connectivity index (χ4v) is 3.43. The maximum absolute atomic E-state index is 12.4. The second-order valence-corrected chi connectivity index (χ2v) is 7.17. The number of nitrogens with one attached hydrogen (secondary N) is 2. The van der Waals surface area contributed by atoms with Gasteiger partial charge >= 0.3 is 0 Å². The van der Waals surface area contributed by atoms with Gasteiger partial charge in [-0.2, -0.15) is 0 Å². The van der Waals surface area contributed by atoms with Gasteiger partial charge in [-0.25, -0.2) is 4.98 Å². The van der Waals surface area contributed by atoms with E-state index in [9.17, 15) is 19.7 Å². The molecule has 0 fully saturated rings. The number of nitro groups is 1. The number of para-hydroxylation sites is 2. The van der Waals surface area contributed by atoms with Gasteiger partial charge in [0.15, 0.2) is 5.16 Å². The third kappa shape index (κ3) is 5.29. The quantitative estimate of drug-likeness (QED) is 0.267. The highest BCUT2D eigenvalue weighted by molar-refractivity contribution is 7.99. The predicted molar refractivity (Wildman–Crippen MR) is 111 cm³/mol. The zero-order valence-electron chi connectivity index (χ0n) is 15.5. The molecule has 0 saturated heterocycles. The summed E-state index contributed by atoms with van der Waals surface area (Å²) in [6, 6.07) is 15.5. The fourth-order valence-electron chi connectivity index (χ4n) is 2.72. The minimum atomic E-state index is -0.559. The number of carbonyl (C=O) groups is 1. The molecule has 3 aromatic rings. The van der Waals surface area contributed by atoms with E-state index in [4.69, 9.17) is 0 Å². The van der Waals surface area contributed by atoms with E-state index in [1.54, 1.807) is 13.0 Å². The lowest BCUT2D eigenvalue weighted by Gasteiger charge is -2.08. The molecule has 0 bridgehead atoms. The zero-order valence-corrected chi connectivity index (χ0v) is 16.4. The SMILES string of the molecule is Cc1nc(SCC(=O)Nc2ccccc2[N+](=O)[O-])[nH]c(=O)c1Cc1ccccc1. The highest BCUT2D eigenvalue weighted by atomic mass is 32.2. The molecule has 1 amide bonds. The monoisotopic (exact) mass is 410 g/mol. The van der Waals surface area contributed by atoms with Crippen LogP contribution in [0.25, 0.3) is 0 Å². The summed E-state index contributed by atoms with van der Waals surface area (Å²) in [5.74, 6) is -0.482. The van der Waals surface area contributed by atoms with Crippen molar-refractivity contribution >= 4 is 29.0 Å². The van der Waals surface area contributed by atoms with Crippen LogP contribution in [-0.4, -0.2) is 26.6 Å². The van der Waals surface area contributed by atoms with Gasteiger partial charge in [-0.1, -0.05) is 54.2 Å². The molecule has 0 aliphatic heterocycles. The van der Waals surface area contributed by atoms with Gasteiger partial charge in [-0.3, -0.25) is 19.7 Å². The molecule has 2 N–H and O–H groups in total. The minimum Gasteiger partial charge on any atom is -0.320 e. The van der Waals surface area contributed by atoms with Crippen molar-refractivity contribution < 1.29 is 9.72 Å². The van der Waals surface area contributed by atoms with Crippen molar-refractivity contribution in [3.63, 3.8) is 0 Å². The van der Waals surface area contributed by atoms with Gasteiger partial charge < -0.3 is 10.3 Å². The van der Waals surface area contributed by atoms with Crippen LogP contribution in [0.4, 0.5) is 11.4 Å². The molecule has 0 aliphatic carbocycles. The normalized spacial score (nSPS) is 10.5. The van der Waals surface area contributed by atoms with Gasteiger partial charge in [0, 0.05) is 23.7 Å². The standard InChI is InChI=1S/C20H18N4O4S/c1-13-15(11-14-7-3-2-4-8-14)19(26)23-20(21-13)29-12-18(25)22-16-9-5-6-10-17(16)24(27)28/h2-10H,11-12H2,1H3,(H,22,25)(H,21,23,26). The predicted octanol–water partition coefficient (Wildman–Crippen LogP) is 3.31. The van der Waals surface area contributed by atoms with E-state index in [0.717, 1.165) is 17.3 Å². The van der Waals surface area contributed by atoms with Crippen molar-refractivity contribution in [2.45, 2.75) is 18.5 Å². The minimum absolute atomic E-state index is 0.0491. The number of H-pyrrole nitrogens is 1. The molecule has 2 aromatic carbocycles. The summed E-state index contributed by atoms with van der Waals surface area (Å²) < 4.78 is 0. The Kier molecular flexibility index (Phi) is 6.40. The summed E-state index contributed by atoms with van der Waals surface area (Å²) in [4.78, 5) is 42.1. The number of hydrogen-bond donors (Lipinski definition) is 2. The van der Waals surface area contributed by atoms with Crippen LogP contribution in [-0.2, 0) is 11.2 Å². The Morgan fingerprint density at radius 1 is 1.17 bits per heavy atom. The van der Waals surface area contributed by atoms with Crippen molar-refractivity contribution in [2.75, 3.05) is 11.1 Å². The van der Waals surface area contributed by atoms with E-state index in [0.29, 0.717) is 22.8 Å². The fraction of sp³-hybridized carbons (Fsp3) is 0.150. The number of benzene rings is 2. The van der Waals surface area contributed by atoms with Crippen molar-refractivity contribution in [3.8, 4) is 0 Å². The van der Waals surface area contributed by atoms with Gasteiger partial charge in [0.25, 0.3) is 11.2 Å². The molecule has 1 aromatic heterocycles. The Bertz CT molecular complexity index is 1100. The topological polar surface area (TPSA) is 118 Å². The lowest BCUT2D eigenvalue weighted by atomic mass is 10.1. The van der Waals surface area contributed by atoms with Gasteiger partial charge in [-0.15, -0.1) is 0 Å². The maximum atomic E-state index is 12.4. The number of aryl methyl sites for hydroxylation is 1. The second kappa shape index (κ2) is 9.16. The highest BCUT2D eigenvalue weighted by Crippen LogP contribution is 2.23. The van der Waals surface area contributed by atoms with Gasteiger partial charge in [0.2, 0.25) is 5.91 Å². The average molecular weight is 410 g/mol. The van der Waals surface area contributed by atoms with Gasteiger partial charge in [0.05, 0.1) is 10.7 Å². The average Bonchev–Trinajstić information content (AvgIpc) is 2.70. The van der Waals surface area contributed by atoms with Crippen LogP contribution in [0.5, 0.6) is 0 Å². The van der Waals surface area contributed by atoms with Crippen molar-refractivity contribution in [2.24, 2.45) is 0 Å². The Morgan fingerprint density at radius 2 is 1.86 bits per heavy atom. The van der Waals surface area contributed by atoms with E-state index in [1.807, 2.05) is 30.3 Å². The molecule has 0 radical (unpaired) electrons. The Morgan fingerprint density at radius 3 is 2.55 bits per heavy atom. The number of rotatable bonds is 7. The van der Waals surface area contributed by atoms with Crippen LogP contribution in [0.1, 0.15) is 16.8 Å². The molecule has 0 atom stereocenters. The highest BCUT2D eigenvalue weighted by Gasteiger charge is 2.16. The van der Waals surface area contributed by atoms with Crippen molar-refractivity contribution in [1.29, 1.82) is 0 Å². The number of aromatic nitrogens is 2. The summed E-state index contributed by atoms with van der Waals surface area (Å²) in [5, 5.41) is 13.9. The van der Waals surface area contributed by atoms with Crippen LogP contribution in [0.15, 0.2) is 64.5 Å². The molecule has 148 valence electrons. The summed E-state index contributed by atoms with van der Waals surface area (Å²) in [6.45, 7) is 1.75. The van der Waals surface area contributed by atoms with Gasteiger partial charge in [-0.05, 0) is 18.6 Å². The molecule has 3 rings (SSSR count). The van der Waals surface area contributed by atoms with Crippen LogP contribution in [0.2, 0.25) is 0 Å². The molecule has 1 heterocycles. The first-order chi connectivity index (χ1) is 13.9. The molecule has 0 unspecified atom stereocenters. The van der Waals surface area contributed by atoms with E-state index in [-0.39, 0.29) is 22.7 Å². The number of hydrogen-bond acceptors (Lipinski definition) is 6. The van der Waals surface area contributed by atoms with Crippen molar-refractivity contribution in [1.82, 2.24) is 9.97 Å². The number of carbonyl (C=O) groups excluding carboxylic acids is 1. The Hall–Kier alpha value is -3.46. The zero-order chi connectivity index (χ0) is 20.8. The van der Waals surface area contributed by atoms with Crippen LogP contribution >= 0.6 is 11.8 Å². The van der Waals surface area contributed by atoms with E-state index in [1.165, 1.54) is 18.2 Å². The number of nitro benzene ring substituents is 1. The van der Waals surface area contributed by atoms with E-state index < -0.39 is 10.8 Å². The van der Waals surface area contributed by atoms with Crippen LogP contribution in [0.3, 0.4) is 0 Å². The third-order valence-corrected chi connectivity index (χ3v) is 5.01. The lowest BCUT2D eigenvalue weighted by molar-refractivity contribution is -0.383. The first-order valence-electron chi connectivity index (χ1n) is 8.74. The summed E-state index contributed by atoms with van der Waals surface area (Å²) in [5.41, 5.74) is 1.87. The first kappa shape index (κ1) is 20.3. The van der Waals surface area contributed by atoms with Gasteiger partial charge in [0.1, 0.15) is 5.69 Å². The summed E-state index contributed by atoms with van der Waals surface area (Å²) in [6.07, 6.45) is 0.470. The smallest absolute Gasteiger partial charge is 0.292 e. The Labute approximate surface area is 170 Å². The maximum Gasteiger partial charge on any atom is 0.292 e. The molecule has 0 aliphatic rings. The molecule has 9 heteroatoms. The molecular weight excluding hydrogens is 392 g/mol. The second-order valence-electron chi connectivity index (χ2n) is 6.21. The molecule has 0 saturated carbocycles. The van der Waals surface area contributed by atoms with Crippen molar-refractivity contribution in [3.05, 3.63) is 91.9 Å². The van der Waals surface area contributed by atoms with E-state index in [2.05, 4.69) is 15.3 Å². The summed E-state index contributed by atoms with van der Waals surface area (Å²) >= 11 is 1.06. The number of amides is 1. The molecule has 29 heavy (non-hydrogen) atoms. The number of thioether (sulfide) groups is 1. The first-order valence-corrected chi connectivity index (χ1v) is 9.72. The molecule has 8 nitrogen and oxygen atoms in total. The van der Waals surface area contributed by atoms with E-state index >= 15 is 0 Å². The Balaban J connectivity index is 1.66. The van der Waals surface area contributed by atoms with Crippen LogP contribution < -0.4 is 10.9 Å².